The van der Waals surface area contributed by atoms with Crippen LogP contribution in [0.25, 0.3) is 11.3 Å². The van der Waals surface area contributed by atoms with E-state index in [1.54, 1.807) is 4.57 Å². The number of fused-ring (bicyclic) bond motifs is 1. The maximum atomic E-state index is 13.3. The summed E-state index contributed by atoms with van der Waals surface area (Å²) >= 11 is -0.0158. The quantitative estimate of drug-likeness (QED) is 0.370. The van der Waals surface area contributed by atoms with Gasteiger partial charge < -0.3 is 0 Å². The van der Waals surface area contributed by atoms with Crippen LogP contribution in [0.3, 0.4) is 0 Å². The van der Waals surface area contributed by atoms with E-state index >= 15 is 0 Å². The fourth-order valence-electron chi connectivity index (χ4n) is 3.59. The zero-order chi connectivity index (χ0) is 20.3. The number of aromatic nitrogens is 2. The molecule has 0 bridgehead atoms. The van der Waals surface area contributed by atoms with E-state index in [1.807, 2.05) is 72.9 Å². The molecule has 0 saturated carbocycles. The molecule has 3 aromatic carbocycles. The van der Waals surface area contributed by atoms with Crippen molar-refractivity contribution in [3.05, 3.63) is 103 Å². The Hall–Kier alpha value is -3.27. The molecule has 4 aromatic rings. The van der Waals surface area contributed by atoms with Crippen molar-refractivity contribution in [3.8, 4) is 11.3 Å². The van der Waals surface area contributed by atoms with Gasteiger partial charge in [-0.2, -0.15) is 0 Å². The van der Waals surface area contributed by atoms with Crippen molar-refractivity contribution in [2.75, 3.05) is 5.32 Å². The first-order chi connectivity index (χ1) is 14.8. The Kier molecular flexibility index (Phi) is 5.14. The maximum absolute atomic E-state index is 13.3. The van der Waals surface area contributed by atoms with Gasteiger partial charge in [0.25, 0.3) is 0 Å². The Balaban J connectivity index is 1.55. The molecule has 0 amide bonds. The topological polar surface area (TPSA) is 45.9 Å². The molecule has 5 heteroatoms. The Morgan fingerprint density at radius 2 is 1.50 bits per heavy atom. The molecule has 1 N–H and O–H groups in total. The van der Waals surface area contributed by atoms with Crippen molar-refractivity contribution < 1.29 is 9.36 Å². The first kappa shape index (κ1) is 18.7. The van der Waals surface area contributed by atoms with Crippen molar-refractivity contribution in [2.24, 2.45) is 0 Å². The van der Waals surface area contributed by atoms with Crippen LogP contribution in [0.5, 0.6) is 0 Å². The van der Waals surface area contributed by atoms with Gasteiger partial charge in [-0.3, -0.25) is 0 Å². The standard InChI is InChI=1S/C25H19N3OSe/c29-25-21(16-18-10-4-1-5-11-18)26-23-24(30-20-14-8-3-9-15-20)27-22(17-28(23)25)19-12-6-2-7-13-19/h1-15,17,21H,16H2/p+1. The molecule has 146 valence electrons. The normalized spacial score (nSPS) is 14.9. The molecule has 1 aromatic heterocycles. The summed E-state index contributed by atoms with van der Waals surface area (Å²) in [5.41, 5.74) is 2.98. The summed E-state index contributed by atoms with van der Waals surface area (Å²) in [5, 5.41) is 3.47. The van der Waals surface area contributed by atoms with Crippen LogP contribution in [-0.2, 0) is 6.42 Å². The second-order valence-corrected chi connectivity index (χ2v) is 9.38. The average Bonchev–Trinajstić information content (AvgIpc) is 3.11. The van der Waals surface area contributed by atoms with Gasteiger partial charge in [-0.15, -0.1) is 0 Å². The molecular weight excluding hydrogens is 437 g/mol. The van der Waals surface area contributed by atoms with Crippen LogP contribution in [0, 0.1) is 0 Å². The summed E-state index contributed by atoms with van der Waals surface area (Å²) < 4.78 is 3.94. The molecular formula is C25H20N3OSe+. The van der Waals surface area contributed by atoms with E-state index in [0.29, 0.717) is 6.42 Å². The first-order valence-electron chi connectivity index (χ1n) is 9.87. The Bertz CT molecular complexity index is 1180. The number of rotatable bonds is 5. The van der Waals surface area contributed by atoms with Gasteiger partial charge in [-0.25, -0.2) is 0 Å². The van der Waals surface area contributed by atoms with E-state index in [9.17, 15) is 4.79 Å². The summed E-state index contributed by atoms with van der Waals surface area (Å²) in [7, 11) is 0. The summed E-state index contributed by atoms with van der Waals surface area (Å²) in [5.74, 6) is 0.892. The molecule has 2 heterocycles. The molecule has 30 heavy (non-hydrogen) atoms. The van der Waals surface area contributed by atoms with Gasteiger partial charge in [0, 0.05) is 0 Å². The van der Waals surface area contributed by atoms with Crippen LogP contribution in [0.15, 0.2) is 97.2 Å². The molecule has 4 nitrogen and oxygen atoms in total. The molecule has 1 unspecified atom stereocenters. The van der Waals surface area contributed by atoms with Crippen LogP contribution in [-0.4, -0.2) is 31.9 Å². The van der Waals surface area contributed by atoms with Crippen LogP contribution >= 0.6 is 0 Å². The molecule has 0 saturated heterocycles. The number of nitrogens with one attached hydrogen (secondary N) is 1. The van der Waals surface area contributed by atoms with Crippen molar-refractivity contribution in [3.63, 3.8) is 0 Å². The second kappa shape index (κ2) is 8.23. The zero-order valence-electron chi connectivity index (χ0n) is 16.2. The third kappa shape index (κ3) is 3.78. The Labute approximate surface area is 181 Å². The third-order valence-corrected chi connectivity index (χ3v) is 7.14. The van der Waals surface area contributed by atoms with Gasteiger partial charge in [-0.1, -0.05) is 0 Å². The molecule has 1 aliphatic heterocycles. The average molecular weight is 457 g/mol. The molecule has 1 aliphatic rings. The number of hydrogen-bond acceptors (Lipinski definition) is 3. The number of carbonyl (C=O) groups is 1. The number of anilines is 1. The van der Waals surface area contributed by atoms with Crippen molar-refractivity contribution >= 4 is 35.7 Å². The molecule has 0 fully saturated rings. The number of carbonyl (C=O) groups excluding carboxylic acids is 1. The Morgan fingerprint density at radius 3 is 2.20 bits per heavy atom. The molecule has 0 radical (unpaired) electrons. The molecule has 0 aliphatic carbocycles. The van der Waals surface area contributed by atoms with Gasteiger partial charge in [0.15, 0.2) is 0 Å². The van der Waals surface area contributed by atoms with E-state index in [-0.39, 0.29) is 26.9 Å². The summed E-state index contributed by atoms with van der Waals surface area (Å²) in [6.07, 6.45) is 2.52. The monoisotopic (exact) mass is 458 g/mol. The van der Waals surface area contributed by atoms with Crippen molar-refractivity contribution in [2.45, 2.75) is 12.5 Å². The van der Waals surface area contributed by atoms with Crippen molar-refractivity contribution in [1.82, 2.24) is 4.98 Å². The van der Waals surface area contributed by atoms with Gasteiger partial charge in [0.1, 0.15) is 0 Å². The SMILES string of the molecule is O=C1C(Cc2ccccc2)Nc2c([Se]c3ccccc3)nc(-c3ccccc3)c[n+]21. The van der Waals surface area contributed by atoms with Gasteiger partial charge in [0.2, 0.25) is 0 Å². The van der Waals surface area contributed by atoms with Crippen molar-refractivity contribution in [1.29, 1.82) is 0 Å². The number of benzene rings is 3. The predicted molar refractivity (Wildman–Crippen MR) is 120 cm³/mol. The molecule has 5 rings (SSSR count). The minimum atomic E-state index is -0.287. The van der Waals surface area contributed by atoms with E-state index in [2.05, 4.69) is 29.6 Å². The molecule has 1 atom stereocenters. The molecule has 0 spiro atoms. The fourth-order valence-corrected chi connectivity index (χ4v) is 5.51. The van der Waals surface area contributed by atoms with Crippen LogP contribution in [0.4, 0.5) is 5.82 Å². The minimum absolute atomic E-state index is 0.0158. The zero-order valence-corrected chi connectivity index (χ0v) is 17.9. The summed E-state index contributed by atoms with van der Waals surface area (Å²) in [6.45, 7) is 0. The first-order valence-corrected chi connectivity index (χ1v) is 11.6. The van der Waals surface area contributed by atoms with E-state index in [0.717, 1.165) is 27.2 Å². The van der Waals surface area contributed by atoms with Crippen LogP contribution < -0.4 is 18.9 Å². The van der Waals surface area contributed by atoms with E-state index in [1.165, 1.54) is 4.46 Å². The summed E-state index contributed by atoms with van der Waals surface area (Å²) in [4.78, 5) is 18.2. The van der Waals surface area contributed by atoms with Gasteiger partial charge in [-0.05, 0) is 0 Å². The van der Waals surface area contributed by atoms with Crippen LogP contribution in [0.1, 0.15) is 10.4 Å². The number of hydrogen-bond donors (Lipinski definition) is 1. The Morgan fingerprint density at radius 1 is 0.867 bits per heavy atom. The predicted octanol–water partition coefficient (Wildman–Crippen LogP) is 2.37. The van der Waals surface area contributed by atoms with Gasteiger partial charge in [0.05, 0.1) is 0 Å². The van der Waals surface area contributed by atoms with E-state index in [4.69, 9.17) is 4.98 Å². The second-order valence-electron chi connectivity index (χ2n) is 7.16. The number of nitrogens with zero attached hydrogens (tertiary/aromatic N) is 2. The van der Waals surface area contributed by atoms with E-state index < -0.39 is 0 Å². The third-order valence-electron chi connectivity index (χ3n) is 5.07. The summed E-state index contributed by atoms with van der Waals surface area (Å²) in [6, 6.07) is 30.2. The van der Waals surface area contributed by atoms with Crippen LogP contribution in [0.2, 0.25) is 0 Å². The fraction of sp³-hybridized carbons (Fsp3) is 0.0800. The van der Waals surface area contributed by atoms with Gasteiger partial charge >= 0.3 is 182 Å².